The summed E-state index contributed by atoms with van der Waals surface area (Å²) in [5.41, 5.74) is 7.61. The van der Waals surface area contributed by atoms with Crippen LogP contribution in [-0.4, -0.2) is 11.1 Å². The van der Waals surface area contributed by atoms with Crippen LogP contribution < -0.4 is 0 Å². The highest BCUT2D eigenvalue weighted by molar-refractivity contribution is 5.93. The Bertz CT molecular complexity index is 399. The molecule has 1 aromatic carbocycles. The molecule has 13 heavy (non-hydrogen) atoms. The van der Waals surface area contributed by atoms with Crippen LogP contribution in [-0.2, 0) is 0 Å². The molecule has 0 atom stereocenters. The fraction of sp³-hybridized carbons (Fsp3) is 0. The molecule has 0 saturated heterocycles. The molecular formula is C7H4FN3O2. The van der Waals surface area contributed by atoms with Crippen molar-refractivity contribution >= 4 is 11.7 Å². The second-order valence-corrected chi connectivity index (χ2v) is 2.16. The van der Waals surface area contributed by atoms with Gasteiger partial charge in [0.25, 0.3) is 0 Å². The van der Waals surface area contributed by atoms with Crippen molar-refractivity contribution in [1.29, 1.82) is 0 Å². The lowest BCUT2D eigenvalue weighted by Crippen LogP contribution is -1.96. The van der Waals surface area contributed by atoms with Gasteiger partial charge >= 0.3 is 5.97 Å². The Balaban J connectivity index is 3.34. The Morgan fingerprint density at radius 3 is 2.85 bits per heavy atom. The summed E-state index contributed by atoms with van der Waals surface area (Å²) in [5.74, 6) is -1.91. The molecule has 0 fully saturated rings. The first kappa shape index (κ1) is 9.02. The maximum absolute atomic E-state index is 12.6. The standard InChI is InChI=1S/C7H4FN3O2/c8-4-1-2-5(7(12)13)6(3-4)10-11-9/h1-3H,(H,12,13). The third-order valence-corrected chi connectivity index (χ3v) is 1.34. The molecule has 1 N–H and O–H groups in total. The van der Waals surface area contributed by atoms with Gasteiger partial charge in [0.05, 0.1) is 11.3 Å². The van der Waals surface area contributed by atoms with E-state index in [9.17, 15) is 9.18 Å². The summed E-state index contributed by atoms with van der Waals surface area (Å²) in [7, 11) is 0. The number of carbonyl (C=O) groups is 1. The molecule has 0 spiro atoms. The molecule has 0 aliphatic rings. The van der Waals surface area contributed by atoms with Gasteiger partial charge < -0.3 is 5.11 Å². The second kappa shape index (κ2) is 3.55. The van der Waals surface area contributed by atoms with Gasteiger partial charge in [-0.25, -0.2) is 9.18 Å². The number of benzene rings is 1. The van der Waals surface area contributed by atoms with E-state index >= 15 is 0 Å². The summed E-state index contributed by atoms with van der Waals surface area (Å²) in [6, 6.07) is 2.89. The first-order valence-electron chi connectivity index (χ1n) is 3.23. The Morgan fingerprint density at radius 2 is 2.31 bits per heavy atom. The Kier molecular flexibility index (Phi) is 2.47. The van der Waals surface area contributed by atoms with E-state index in [1.165, 1.54) is 0 Å². The minimum absolute atomic E-state index is 0.223. The summed E-state index contributed by atoms with van der Waals surface area (Å²) >= 11 is 0. The highest BCUT2D eigenvalue weighted by Crippen LogP contribution is 2.20. The van der Waals surface area contributed by atoms with Gasteiger partial charge in [0.2, 0.25) is 0 Å². The van der Waals surface area contributed by atoms with Gasteiger partial charge in [-0.3, -0.25) is 0 Å². The third kappa shape index (κ3) is 1.94. The minimum Gasteiger partial charge on any atom is -0.478 e. The fourth-order valence-electron chi connectivity index (χ4n) is 0.817. The van der Waals surface area contributed by atoms with E-state index < -0.39 is 11.8 Å². The molecular weight excluding hydrogens is 177 g/mol. The van der Waals surface area contributed by atoms with Crippen molar-refractivity contribution in [3.63, 3.8) is 0 Å². The van der Waals surface area contributed by atoms with Crippen LogP contribution in [0.15, 0.2) is 23.3 Å². The Labute approximate surface area is 72.1 Å². The van der Waals surface area contributed by atoms with E-state index in [0.29, 0.717) is 0 Å². The fourth-order valence-corrected chi connectivity index (χ4v) is 0.817. The van der Waals surface area contributed by atoms with Gasteiger partial charge in [0, 0.05) is 4.91 Å². The van der Waals surface area contributed by atoms with E-state index in [4.69, 9.17) is 10.6 Å². The molecule has 5 nitrogen and oxygen atoms in total. The lowest BCUT2D eigenvalue weighted by Gasteiger charge is -1.98. The number of hydrogen-bond acceptors (Lipinski definition) is 2. The number of aromatic carboxylic acids is 1. The Hall–Kier alpha value is -2.07. The zero-order valence-corrected chi connectivity index (χ0v) is 6.31. The van der Waals surface area contributed by atoms with Crippen LogP contribution in [0.5, 0.6) is 0 Å². The molecule has 0 saturated carbocycles. The lowest BCUT2D eigenvalue weighted by atomic mass is 10.2. The van der Waals surface area contributed by atoms with Gasteiger partial charge in [-0.15, -0.1) is 0 Å². The molecule has 0 aromatic heterocycles. The normalized spacial score (nSPS) is 9.00. The monoisotopic (exact) mass is 181 g/mol. The number of azide groups is 1. The number of rotatable bonds is 2. The van der Waals surface area contributed by atoms with E-state index in [-0.39, 0.29) is 11.3 Å². The van der Waals surface area contributed by atoms with Gasteiger partial charge in [-0.05, 0) is 23.7 Å². The first-order chi connectivity index (χ1) is 6.15. The van der Waals surface area contributed by atoms with Crippen LogP contribution in [0.25, 0.3) is 10.4 Å². The largest absolute Gasteiger partial charge is 0.478 e. The van der Waals surface area contributed by atoms with Crippen LogP contribution in [0.2, 0.25) is 0 Å². The quantitative estimate of drug-likeness (QED) is 0.431. The smallest absolute Gasteiger partial charge is 0.336 e. The molecule has 6 heteroatoms. The van der Waals surface area contributed by atoms with Crippen LogP contribution in [0.4, 0.5) is 10.1 Å². The van der Waals surface area contributed by atoms with Crippen molar-refractivity contribution < 1.29 is 14.3 Å². The first-order valence-corrected chi connectivity index (χ1v) is 3.23. The zero-order chi connectivity index (χ0) is 9.84. The minimum atomic E-state index is -1.26. The zero-order valence-electron chi connectivity index (χ0n) is 6.31. The highest BCUT2D eigenvalue weighted by atomic mass is 19.1. The highest BCUT2D eigenvalue weighted by Gasteiger charge is 2.08. The molecule has 1 aromatic rings. The van der Waals surface area contributed by atoms with Crippen molar-refractivity contribution in [2.75, 3.05) is 0 Å². The van der Waals surface area contributed by atoms with Gasteiger partial charge in [-0.1, -0.05) is 5.11 Å². The molecule has 0 unspecified atom stereocenters. The summed E-state index contributed by atoms with van der Waals surface area (Å²) in [6.45, 7) is 0. The van der Waals surface area contributed by atoms with Crippen LogP contribution >= 0.6 is 0 Å². The topological polar surface area (TPSA) is 86.1 Å². The predicted octanol–water partition coefficient (Wildman–Crippen LogP) is 2.47. The summed E-state index contributed by atoms with van der Waals surface area (Å²) in [6.07, 6.45) is 0. The predicted molar refractivity (Wildman–Crippen MR) is 42.2 cm³/mol. The van der Waals surface area contributed by atoms with Crippen LogP contribution in [0.3, 0.4) is 0 Å². The Morgan fingerprint density at radius 1 is 1.62 bits per heavy atom. The van der Waals surface area contributed by atoms with Gasteiger partial charge in [0.15, 0.2) is 0 Å². The SMILES string of the molecule is [N-]=[N+]=Nc1cc(F)ccc1C(=O)O. The maximum Gasteiger partial charge on any atom is 0.336 e. The molecule has 0 amide bonds. The summed E-state index contributed by atoms with van der Waals surface area (Å²) < 4.78 is 12.6. The summed E-state index contributed by atoms with van der Waals surface area (Å²) in [4.78, 5) is 12.9. The van der Waals surface area contributed by atoms with Crippen molar-refractivity contribution in [3.05, 3.63) is 40.0 Å². The van der Waals surface area contributed by atoms with E-state index in [2.05, 4.69) is 10.0 Å². The number of nitrogens with zero attached hydrogens (tertiary/aromatic N) is 3. The average Bonchev–Trinajstić information content (AvgIpc) is 2.04. The number of hydrogen-bond donors (Lipinski definition) is 1. The van der Waals surface area contributed by atoms with Gasteiger partial charge in [-0.2, -0.15) is 0 Å². The van der Waals surface area contributed by atoms with E-state index in [1.807, 2.05) is 0 Å². The number of carboxylic acid groups (broad SMARTS) is 1. The molecule has 0 aliphatic carbocycles. The third-order valence-electron chi connectivity index (χ3n) is 1.34. The van der Waals surface area contributed by atoms with Crippen molar-refractivity contribution in [2.45, 2.75) is 0 Å². The molecule has 1 rings (SSSR count). The van der Waals surface area contributed by atoms with E-state index in [1.54, 1.807) is 0 Å². The number of halogens is 1. The maximum atomic E-state index is 12.6. The van der Waals surface area contributed by atoms with Crippen molar-refractivity contribution in [3.8, 4) is 0 Å². The number of carboxylic acids is 1. The van der Waals surface area contributed by atoms with Crippen molar-refractivity contribution in [2.24, 2.45) is 5.11 Å². The molecule has 0 radical (unpaired) electrons. The molecule has 0 heterocycles. The van der Waals surface area contributed by atoms with Crippen molar-refractivity contribution in [1.82, 2.24) is 0 Å². The van der Waals surface area contributed by atoms with Gasteiger partial charge in [0.1, 0.15) is 5.82 Å². The molecule has 66 valence electrons. The molecule has 0 aliphatic heterocycles. The van der Waals surface area contributed by atoms with Crippen LogP contribution in [0, 0.1) is 5.82 Å². The summed E-state index contributed by atoms with van der Waals surface area (Å²) in [5, 5.41) is 11.6. The van der Waals surface area contributed by atoms with Crippen LogP contribution in [0.1, 0.15) is 10.4 Å². The lowest BCUT2D eigenvalue weighted by molar-refractivity contribution is 0.0698. The average molecular weight is 181 g/mol. The van der Waals surface area contributed by atoms with E-state index in [0.717, 1.165) is 18.2 Å². The molecule has 0 bridgehead atoms. The second-order valence-electron chi connectivity index (χ2n) is 2.16.